The number of anilines is 2. The van der Waals surface area contributed by atoms with E-state index in [1.165, 1.54) is 13.2 Å². The number of nitrogen functional groups attached to an aromatic ring is 2. The molecule has 0 amide bonds. The van der Waals surface area contributed by atoms with Crippen LogP contribution in [0.2, 0.25) is 0 Å². The van der Waals surface area contributed by atoms with Crippen LogP contribution in [0.4, 0.5) is 11.4 Å². The maximum atomic E-state index is 13.3. The van der Waals surface area contributed by atoms with Gasteiger partial charge in [0, 0.05) is 0 Å². The van der Waals surface area contributed by atoms with Crippen molar-refractivity contribution in [3.63, 3.8) is 0 Å². The smallest absolute Gasteiger partial charge is 0.324 e. The lowest BCUT2D eigenvalue weighted by atomic mass is 10.0. The Morgan fingerprint density at radius 1 is 1.06 bits per heavy atom. The predicted molar refractivity (Wildman–Crippen MR) is 126 cm³/mol. The normalized spacial score (nSPS) is 13.1. The summed E-state index contributed by atoms with van der Waals surface area (Å²) in [4.78, 5) is 12.7. The third-order valence-corrected chi connectivity index (χ3v) is 6.25. The van der Waals surface area contributed by atoms with Crippen LogP contribution in [0, 0.1) is 5.92 Å². The first kappa shape index (κ1) is 25.5. The lowest BCUT2D eigenvalue weighted by Gasteiger charge is -2.26. The number of benzene rings is 2. The van der Waals surface area contributed by atoms with Crippen molar-refractivity contribution in [3.05, 3.63) is 47.5 Å². The van der Waals surface area contributed by atoms with Gasteiger partial charge < -0.3 is 20.9 Å². The molecule has 0 unspecified atom stereocenters. The molecular formula is C23H33N3O5S. The molecule has 8 nitrogen and oxygen atoms in total. The third-order valence-electron chi connectivity index (χ3n) is 4.71. The van der Waals surface area contributed by atoms with Crippen molar-refractivity contribution < 1.29 is 22.7 Å². The van der Waals surface area contributed by atoms with Crippen molar-refractivity contribution in [2.24, 2.45) is 5.92 Å². The topological polar surface area (TPSA) is 134 Å². The number of carbonyl (C=O) groups excluding carboxylic acids is 1. The molecule has 2 aromatic carbocycles. The molecule has 0 saturated heterocycles. The molecule has 0 aliphatic carbocycles. The van der Waals surface area contributed by atoms with Crippen LogP contribution >= 0.6 is 0 Å². The molecule has 0 fully saturated rings. The number of methoxy groups -OCH3 is 1. The fourth-order valence-corrected chi connectivity index (χ4v) is 4.64. The molecule has 0 aromatic heterocycles. The molecule has 0 bridgehead atoms. The number of ether oxygens (including phenoxy) is 2. The lowest BCUT2D eigenvalue weighted by molar-refractivity contribution is -0.158. The second-order valence-corrected chi connectivity index (χ2v) is 10.7. The highest BCUT2D eigenvalue weighted by molar-refractivity contribution is 7.89. The van der Waals surface area contributed by atoms with E-state index < -0.39 is 27.6 Å². The Balaban J connectivity index is 2.44. The largest absolute Gasteiger partial charge is 0.497 e. The Bertz CT molecular complexity index is 1080. The summed E-state index contributed by atoms with van der Waals surface area (Å²) in [6.07, 6.45) is 0.275. The van der Waals surface area contributed by atoms with E-state index in [9.17, 15) is 13.2 Å². The SMILES string of the molecule is COc1ccc(S(=O)(=O)N[C@@H](C(=O)OC(C)(C)C)C(C)C)c(Cc2ccc(N)c(N)c2)c1. The fraction of sp³-hybridized carbons (Fsp3) is 0.435. The number of sulfonamides is 1. The van der Waals surface area contributed by atoms with Crippen molar-refractivity contribution in [2.75, 3.05) is 18.6 Å². The summed E-state index contributed by atoms with van der Waals surface area (Å²) in [5.41, 5.74) is 13.1. The maximum Gasteiger partial charge on any atom is 0.324 e. The number of nitrogens with two attached hydrogens (primary N) is 2. The van der Waals surface area contributed by atoms with Crippen LogP contribution in [-0.2, 0) is 26.0 Å². The van der Waals surface area contributed by atoms with Crippen LogP contribution in [0.5, 0.6) is 5.75 Å². The average molecular weight is 464 g/mol. The van der Waals surface area contributed by atoms with Gasteiger partial charge in [0.2, 0.25) is 10.0 Å². The van der Waals surface area contributed by atoms with Crippen molar-refractivity contribution in [2.45, 2.75) is 57.6 Å². The average Bonchev–Trinajstić information content (AvgIpc) is 2.67. The summed E-state index contributed by atoms with van der Waals surface area (Å²) < 4.78 is 39.9. The maximum absolute atomic E-state index is 13.3. The number of rotatable bonds is 8. The van der Waals surface area contributed by atoms with Crippen molar-refractivity contribution in [3.8, 4) is 5.75 Å². The van der Waals surface area contributed by atoms with E-state index in [-0.39, 0.29) is 17.2 Å². The van der Waals surface area contributed by atoms with E-state index in [2.05, 4.69) is 4.72 Å². The van der Waals surface area contributed by atoms with Crippen LogP contribution in [0.3, 0.4) is 0 Å². The molecule has 0 spiro atoms. The number of hydrogen-bond acceptors (Lipinski definition) is 7. The van der Waals surface area contributed by atoms with Gasteiger partial charge in [-0.1, -0.05) is 19.9 Å². The zero-order chi connectivity index (χ0) is 24.3. The van der Waals surface area contributed by atoms with Crippen LogP contribution in [0.1, 0.15) is 45.7 Å². The van der Waals surface area contributed by atoms with Gasteiger partial charge in [0.25, 0.3) is 0 Å². The van der Waals surface area contributed by atoms with E-state index in [0.717, 1.165) is 5.56 Å². The highest BCUT2D eigenvalue weighted by Crippen LogP contribution is 2.27. The molecule has 1 atom stereocenters. The third kappa shape index (κ3) is 6.61. The summed E-state index contributed by atoms with van der Waals surface area (Å²) in [6, 6.07) is 8.80. The van der Waals surface area contributed by atoms with E-state index >= 15 is 0 Å². The van der Waals surface area contributed by atoms with Gasteiger partial charge in [-0.2, -0.15) is 4.72 Å². The molecule has 2 aromatic rings. The lowest BCUT2D eigenvalue weighted by Crippen LogP contribution is -2.47. The van der Waals surface area contributed by atoms with Crippen molar-refractivity contribution in [1.82, 2.24) is 4.72 Å². The Morgan fingerprint density at radius 2 is 1.72 bits per heavy atom. The monoisotopic (exact) mass is 463 g/mol. The van der Waals surface area contributed by atoms with Crippen LogP contribution < -0.4 is 20.9 Å². The fourth-order valence-electron chi connectivity index (χ4n) is 3.09. The van der Waals surface area contributed by atoms with E-state index in [1.54, 1.807) is 65.0 Å². The van der Waals surface area contributed by atoms with Crippen molar-refractivity contribution in [1.29, 1.82) is 0 Å². The molecule has 0 heterocycles. The molecule has 176 valence electrons. The molecule has 0 saturated carbocycles. The summed E-state index contributed by atoms with van der Waals surface area (Å²) in [6.45, 7) is 8.70. The Labute approximate surface area is 190 Å². The highest BCUT2D eigenvalue weighted by atomic mass is 32.2. The molecule has 0 aliphatic heterocycles. The van der Waals surface area contributed by atoms with Gasteiger partial charge in [-0.05, 0) is 74.6 Å². The standard InChI is InChI=1S/C23H33N3O5S/c1-14(2)21(22(27)31-23(3,4)5)26-32(28,29)20-10-8-17(30-6)13-16(20)11-15-7-9-18(24)19(25)12-15/h7-10,12-14,21,26H,11,24-25H2,1-6H3/t21-/m1/s1. The number of esters is 1. The summed E-state index contributed by atoms with van der Waals surface area (Å²) in [5.74, 6) is -0.439. The Morgan fingerprint density at radius 3 is 2.25 bits per heavy atom. The minimum Gasteiger partial charge on any atom is -0.497 e. The first-order valence-electron chi connectivity index (χ1n) is 10.3. The van der Waals surface area contributed by atoms with Gasteiger partial charge >= 0.3 is 5.97 Å². The molecule has 2 rings (SSSR count). The van der Waals surface area contributed by atoms with Gasteiger partial charge in [0.05, 0.1) is 23.4 Å². The zero-order valence-electron chi connectivity index (χ0n) is 19.4. The van der Waals surface area contributed by atoms with Gasteiger partial charge in [0.15, 0.2) is 0 Å². The first-order chi connectivity index (χ1) is 14.7. The van der Waals surface area contributed by atoms with Gasteiger partial charge in [-0.15, -0.1) is 0 Å². The zero-order valence-corrected chi connectivity index (χ0v) is 20.2. The quantitative estimate of drug-likeness (QED) is 0.404. The molecule has 0 aliphatic rings. The molecule has 9 heteroatoms. The van der Waals surface area contributed by atoms with E-state index in [4.69, 9.17) is 20.9 Å². The van der Waals surface area contributed by atoms with E-state index in [0.29, 0.717) is 22.7 Å². The van der Waals surface area contributed by atoms with Crippen LogP contribution in [-0.4, -0.2) is 33.1 Å². The number of carbonyl (C=O) groups is 1. The van der Waals surface area contributed by atoms with E-state index in [1.807, 2.05) is 0 Å². The molecular weight excluding hydrogens is 430 g/mol. The van der Waals surface area contributed by atoms with Gasteiger partial charge in [0.1, 0.15) is 17.4 Å². The Hall–Kier alpha value is -2.78. The number of nitrogens with one attached hydrogen (secondary N) is 1. The second kappa shape index (κ2) is 9.79. The molecule has 5 N–H and O–H groups in total. The first-order valence-corrected chi connectivity index (χ1v) is 11.8. The predicted octanol–water partition coefficient (Wildman–Crippen LogP) is 3.09. The minimum absolute atomic E-state index is 0.0444. The second-order valence-electron chi connectivity index (χ2n) is 8.99. The number of hydrogen-bond donors (Lipinski definition) is 3. The van der Waals surface area contributed by atoms with Gasteiger partial charge in [-0.25, -0.2) is 8.42 Å². The summed E-state index contributed by atoms with van der Waals surface area (Å²) in [7, 11) is -2.56. The van der Waals surface area contributed by atoms with Crippen LogP contribution in [0.15, 0.2) is 41.3 Å². The van der Waals surface area contributed by atoms with Crippen LogP contribution in [0.25, 0.3) is 0 Å². The summed E-state index contributed by atoms with van der Waals surface area (Å²) >= 11 is 0. The molecule has 0 radical (unpaired) electrons. The van der Waals surface area contributed by atoms with Gasteiger partial charge in [-0.3, -0.25) is 4.79 Å². The molecule has 32 heavy (non-hydrogen) atoms. The minimum atomic E-state index is -4.06. The highest BCUT2D eigenvalue weighted by Gasteiger charge is 2.33. The summed E-state index contributed by atoms with van der Waals surface area (Å²) in [5, 5.41) is 0. The Kier molecular flexibility index (Phi) is 7.79. The van der Waals surface area contributed by atoms with Crippen molar-refractivity contribution >= 4 is 27.4 Å².